The maximum absolute atomic E-state index is 14.1. The third kappa shape index (κ3) is 5.81. The molecule has 1 aliphatic carbocycles. The van der Waals surface area contributed by atoms with Crippen molar-refractivity contribution in [3.8, 4) is 22.5 Å². The van der Waals surface area contributed by atoms with Gasteiger partial charge >= 0.3 is 5.69 Å². The van der Waals surface area contributed by atoms with E-state index in [0.717, 1.165) is 53.8 Å². The summed E-state index contributed by atoms with van der Waals surface area (Å²) in [5.74, 6) is 2.24. The minimum absolute atomic E-state index is 0.121. The van der Waals surface area contributed by atoms with Crippen molar-refractivity contribution in [3.05, 3.63) is 70.7 Å². The van der Waals surface area contributed by atoms with E-state index in [1.165, 1.54) is 25.7 Å². The van der Waals surface area contributed by atoms with Crippen molar-refractivity contribution in [1.82, 2.24) is 34.7 Å². The number of aryl methyl sites for hydroxylation is 1. The van der Waals surface area contributed by atoms with E-state index in [-0.39, 0.29) is 11.7 Å². The van der Waals surface area contributed by atoms with Crippen LogP contribution in [0, 0.1) is 17.8 Å². The number of benzene rings is 1. The first kappa shape index (κ1) is 28.0. The number of tetrazole rings is 1. The minimum atomic E-state index is 0.121. The Morgan fingerprint density at radius 2 is 1.85 bits per heavy atom. The maximum Gasteiger partial charge on any atom is 0.328 e. The second-order valence-electron chi connectivity index (χ2n) is 11.7. The predicted octanol–water partition coefficient (Wildman–Crippen LogP) is 6.70. The number of pyridine rings is 1. The molecule has 1 aliphatic rings. The lowest BCUT2D eigenvalue weighted by Gasteiger charge is -2.34. The van der Waals surface area contributed by atoms with Gasteiger partial charge in [0.15, 0.2) is 5.82 Å². The van der Waals surface area contributed by atoms with Gasteiger partial charge in [-0.25, -0.2) is 9.89 Å². The van der Waals surface area contributed by atoms with Crippen LogP contribution in [0.4, 0.5) is 0 Å². The third-order valence-corrected chi connectivity index (χ3v) is 8.84. The van der Waals surface area contributed by atoms with E-state index in [4.69, 9.17) is 4.98 Å². The van der Waals surface area contributed by atoms with Crippen LogP contribution in [0.25, 0.3) is 22.5 Å². The number of nitrogens with zero attached hydrogens (tertiary/aromatic N) is 6. The highest BCUT2D eigenvalue weighted by molar-refractivity contribution is 5.79. The molecule has 1 fully saturated rings. The molecular weight excluding hydrogens is 498 g/mol. The van der Waals surface area contributed by atoms with Gasteiger partial charge in [-0.2, -0.15) is 0 Å². The van der Waals surface area contributed by atoms with Crippen LogP contribution >= 0.6 is 0 Å². The number of imidazole rings is 1. The van der Waals surface area contributed by atoms with Crippen molar-refractivity contribution in [2.45, 2.75) is 91.6 Å². The zero-order chi connectivity index (χ0) is 28.1. The summed E-state index contributed by atoms with van der Waals surface area (Å²) in [6.07, 6.45) is 13.2. The Morgan fingerprint density at radius 1 is 1.05 bits per heavy atom. The Balaban J connectivity index is 1.48. The predicted molar refractivity (Wildman–Crippen MR) is 159 cm³/mol. The molecule has 0 aliphatic heterocycles. The Kier molecular flexibility index (Phi) is 8.92. The van der Waals surface area contributed by atoms with Gasteiger partial charge in [-0.3, -0.25) is 14.1 Å². The molecule has 3 heterocycles. The normalized spacial score (nSPS) is 19.7. The first-order valence-corrected chi connectivity index (χ1v) is 15.1. The van der Waals surface area contributed by atoms with Gasteiger partial charge in [-0.15, -0.1) is 5.10 Å². The van der Waals surface area contributed by atoms with Crippen LogP contribution in [0.3, 0.4) is 0 Å². The van der Waals surface area contributed by atoms with E-state index in [1.54, 1.807) is 0 Å². The lowest BCUT2D eigenvalue weighted by molar-refractivity contribution is 0.175. The minimum Gasteiger partial charge on any atom is -0.295 e. The summed E-state index contributed by atoms with van der Waals surface area (Å²) in [5, 5.41) is 14.4. The van der Waals surface area contributed by atoms with Gasteiger partial charge < -0.3 is 0 Å². The summed E-state index contributed by atoms with van der Waals surface area (Å²) in [6, 6.07) is 12.4. The number of nitrogens with one attached hydrogen (secondary N) is 1. The van der Waals surface area contributed by atoms with Crippen molar-refractivity contribution >= 4 is 0 Å². The number of unbranched alkanes of at least 4 members (excludes halogenated alkanes) is 1. The van der Waals surface area contributed by atoms with Crippen LogP contribution in [-0.4, -0.2) is 34.7 Å². The molecule has 1 aromatic carbocycles. The molecule has 4 aromatic rings. The van der Waals surface area contributed by atoms with Crippen molar-refractivity contribution in [2.24, 2.45) is 17.8 Å². The van der Waals surface area contributed by atoms with Gasteiger partial charge in [0.25, 0.3) is 0 Å². The van der Waals surface area contributed by atoms with E-state index in [2.05, 4.69) is 65.1 Å². The van der Waals surface area contributed by atoms with Crippen LogP contribution in [0.2, 0.25) is 0 Å². The second kappa shape index (κ2) is 12.7. The van der Waals surface area contributed by atoms with Crippen LogP contribution in [0.1, 0.15) is 90.1 Å². The average molecular weight is 542 g/mol. The van der Waals surface area contributed by atoms with Crippen LogP contribution in [0.15, 0.2) is 53.6 Å². The fourth-order valence-electron chi connectivity index (χ4n) is 6.63. The van der Waals surface area contributed by atoms with E-state index < -0.39 is 0 Å². The van der Waals surface area contributed by atoms with Gasteiger partial charge in [0.05, 0.1) is 12.2 Å². The van der Waals surface area contributed by atoms with Crippen molar-refractivity contribution in [3.63, 3.8) is 0 Å². The number of hydrogen-bond acceptors (Lipinski definition) is 5. The third-order valence-electron chi connectivity index (χ3n) is 8.84. The van der Waals surface area contributed by atoms with E-state index in [1.807, 2.05) is 41.1 Å². The highest BCUT2D eigenvalue weighted by Crippen LogP contribution is 2.42. The molecule has 0 amide bonds. The number of aromatic amines is 1. The molecule has 40 heavy (non-hydrogen) atoms. The summed E-state index contributed by atoms with van der Waals surface area (Å²) in [7, 11) is 0. The Hall–Kier alpha value is -3.55. The first-order valence-electron chi connectivity index (χ1n) is 15.1. The number of hydrogen-bond donors (Lipinski definition) is 1. The summed E-state index contributed by atoms with van der Waals surface area (Å²) in [4.78, 5) is 19.0. The molecule has 0 saturated heterocycles. The van der Waals surface area contributed by atoms with Crippen LogP contribution in [0.5, 0.6) is 0 Å². The van der Waals surface area contributed by atoms with Crippen LogP contribution in [-0.2, 0) is 13.0 Å². The molecule has 0 spiro atoms. The van der Waals surface area contributed by atoms with Gasteiger partial charge in [0, 0.05) is 35.3 Å². The second-order valence-corrected chi connectivity index (χ2v) is 11.7. The van der Waals surface area contributed by atoms with Crippen molar-refractivity contribution < 1.29 is 0 Å². The molecule has 1 saturated carbocycles. The molecule has 3 aromatic heterocycles. The molecule has 0 radical (unpaired) electrons. The molecule has 5 rings (SSSR count). The standard InChI is InChI=1S/C32H43N7O/c1-5-7-13-26-21-39(30-23(6-2)12-8-9-14-27(30)22(3)4)32(40)38(26)20-25-18-17-24(19-33-25)28-15-10-11-16-29(28)31-34-36-37-35-31/h10-11,15-19,21-23,27,30H,5-9,12-14,20H2,1-4H3,(H,34,35,36,37). The lowest BCUT2D eigenvalue weighted by atomic mass is 9.79. The quantitative estimate of drug-likeness (QED) is 0.226. The molecule has 3 atom stereocenters. The fourth-order valence-corrected chi connectivity index (χ4v) is 6.63. The summed E-state index contributed by atoms with van der Waals surface area (Å²) in [6.45, 7) is 9.65. The molecule has 1 N–H and O–H groups in total. The maximum atomic E-state index is 14.1. The summed E-state index contributed by atoms with van der Waals surface area (Å²) in [5.41, 5.74) is 5.04. The Morgan fingerprint density at radius 3 is 2.52 bits per heavy atom. The average Bonchev–Trinajstić information content (AvgIpc) is 3.55. The van der Waals surface area contributed by atoms with Crippen molar-refractivity contribution in [1.29, 1.82) is 0 Å². The van der Waals surface area contributed by atoms with Crippen LogP contribution < -0.4 is 5.69 Å². The molecule has 3 unspecified atom stereocenters. The SMILES string of the molecule is CCCCc1cn(C2C(CC)CCCCC2C(C)C)c(=O)n1Cc1ccc(-c2ccccc2-c2nnn[nH]2)cn1. The van der Waals surface area contributed by atoms with Crippen molar-refractivity contribution in [2.75, 3.05) is 0 Å². The first-order chi connectivity index (χ1) is 19.5. The van der Waals surface area contributed by atoms with E-state index in [9.17, 15) is 4.79 Å². The molecule has 212 valence electrons. The largest absolute Gasteiger partial charge is 0.328 e. The number of rotatable bonds is 10. The molecule has 8 nitrogen and oxygen atoms in total. The van der Waals surface area contributed by atoms with E-state index in [0.29, 0.717) is 30.1 Å². The lowest BCUT2D eigenvalue weighted by Crippen LogP contribution is -2.36. The molecular formula is C32H43N7O. The topological polar surface area (TPSA) is 94.3 Å². The molecule has 0 bridgehead atoms. The van der Waals surface area contributed by atoms with Gasteiger partial charge in [-0.05, 0) is 65.5 Å². The highest BCUT2D eigenvalue weighted by Gasteiger charge is 2.35. The fraction of sp³-hybridized carbons (Fsp3) is 0.531. The number of aromatic nitrogens is 7. The highest BCUT2D eigenvalue weighted by atomic mass is 16.1. The van der Waals surface area contributed by atoms with E-state index >= 15 is 0 Å². The smallest absolute Gasteiger partial charge is 0.295 e. The van der Waals surface area contributed by atoms with Gasteiger partial charge in [0.1, 0.15) is 0 Å². The number of H-pyrrole nitrogens is 1. The summed E-state index contributed by atoms with van der Waals surface area (Å²) >= 11 is 0. The summed E-state index contributed by atoms with van der Waals surface area (Å²) < 4.78 is 4.12. The monoisotopic (exact) mass is 541 g/mol. The molecule has 8 heteroatoms. The zero-order valence-corrected chi connectivity index (χ0v) is 24.4. The Labute approximate surface area is 237 Å². The zero-order valence-electron chi connectivity index (χ0n) is 24.4. The van der Waals surface area contributed by atoms with Gasteiger partial charge in [0.2, 0.25) is 0 Å². The Bertz CT molecular complexity index is 1420. The van der Waals surface area contributed by atoms with Gasteiger partial charge in [-0.1, -0.05) is 83.7 Å².